The van der Waals surface area contributed by atoms with Gasteiger partial charge < -0.3 is 14.8 Å². The Morgan fingerprint density at radius 3 is 3.00 bits per heavy atom. The summed E-state index contributed by atoms with van der Waals surface area (Å²) < 4.78 is 10.6. The molecule has 0 spiro atoms. The summed E-state index contributed by atoms with van der Waals surface area (Å²) in [6.07, 6.45) is 4.52. The van der Waals surface area contributed by atoms with E-state index in [1.54, 1.807) is 6.07 Å². The number of para-hydroxylation sites is 1. The number of nitrogens with one attached hydrogen (secondary N) is 1. The second kappa shape index (κ2) is 7.29. The van der Waals surface area contributed by atoms with Crippen molar-refractivity contribution >= 4 is 11.7 Å². The molecule has 1 fully saturated rings. The number of rotatable bonds is 5. The van der Waals surface area contributed by atoms with Crippen LogP contribution in [-0.4, -0.2) is 31.8 Å². The van der Waals surface area contributed by atoms with Crippen LogP contribution < -0.4 is 5.32 Å². The smallest absolute Gasteiger partial charge is 0.339 e. The highest BCUT2D eigenvalue weighted by atomic mass is 16.5. The lowest BCUT2D eigenvalue weighted by atomic mass is 9.99. The van der Waals surface area contributed by atoms with E-state index in [4.69, 9.17) is 9.47 Å². The fourth-order valence-electron chi connectivity index (χ4n) is 2.65. The molecule has 0 amide bonds. The van der Waals surface area contributed by atoms with E-state index in [-0.39, 0.29) is 5.97 Å². The lowest BCUT2D eigenvalue weighted by molar-refractivity contribution is 0.00597. The van der Waals surface area contributed by atoms with Gasteiger partial charge in [-0.2, -0.15) is 0 Å². The molecule has 110 valence electrons. The summed E-state index contributed by atoms with van der Waals surface area (Å²) in [7, 11) is 1.41. The number of carbonyl (C=O) groups is 1. The molecule has 20 heavy (non-hydrogen) atoms. The van der Waals surface area contributed by atoms with Gasteiger partial charge in [0.25, 0.3) is 0 Å². The number of esters is 1. The second-order valence-electron chi connectivity index (χ2n) is 5.18. The minimum atomic E-state index is -0.301. The van der Waals surface area contributed by atoms with Gasteiger partial charge in [0, 0.05) is 18.3 Å². The molecule has 0 bridgehead atoms. The van der Waals surface area contributed by atoms with Gasteiger partial charge in [0.15, 0.2) is 0 Å². The molecule has 2 rings (SSSR count). The molecule has 1 aliphatic rings. The molecule has 1 saturated heterocycles. The number of hydrogen-bond acceptors (Lipinski definition) is 4. The van der Waals surface area contributed by atoms with Crippen LogP contribution in [0, 0.1) is 0 Å². The van der Waals surface area contributed by atoms with Gasteiger partial charge in [-0.15, -0.1) is 0 Å². The van der Waals surface area contributed by atoms with Gasteiger partial charge in [-0.3, -0.25) is 0 Å². The molecule has 1 N–H and O–H groups in total. The van der Waals surface area contributed by atoms with Gasteiger partial charge in [0.1, 0.15) is 0 Å². The maximum absolute atomic E-state index is 11.8. The Morgan fingerprint density at radius 2 is 2.25 bits per heavy atom. The Kier molecular flexibility index (Phi) is 5.41. The van der Waals surface area contributed by atoms with Crippen molar-refractivity contribution in [2.45, 2.75) is 44.8 Å². The predicted octanol–water partition coefficient (Wildman–Crippen LogP) is 3.23. The first kappa shape index (κ1) is 14.9. The van der Waals surface area contributed by atoms with Crippen molar-refractivity contribution in [2.24, 2.45) is 0 Å². The van der Waals surface area contributed by atoms with Crippen LogP contribution in [-0.2, 0) is 9.47 Å². The number of anilines is 1. The molecule has 2 atom stereocenters. The minimum absolute atomic E-state index is 0.301. The number of hydrogen-bond donors (Lipinski definition) is 1. The molecule has 1 aliphatic heterocycles. The quantitative estimate of drug-likeness (QED) is 0.839. The Hall–Kier alpha value is -1.55. The van der Waals surface area contributed by atoms with Gasteiger partial charge >= 0.3 is 5.97 Å². The molecule has 4 heteroatoms. The van der Waals surface area contributed by atoms with Crippen LogP contribution in [0.25, 0.3) is 0 Å². The van der Waals surface area contributed by atoms with Crippen molar-refractivity contribution in [1.82, 2.24) is 0 Å². The zero-order valence-corrected chi connectivity index (χ0v) is 12.2. The molecule has 0 saturated carbocycles. The number of ether oxygens (including phenoxy) is 2. The van der Waals surface area contributed by atoms with Crippen LogP contribution in [0.1, 0.15) is 43.0 Å². The average molecular weight is 277 g/mol. The molecule has 2 unspecified atom stereocenters. The zero-order valence-electron chi connectivity index (χ0n) is 12.2. The first-order valence-corrected chi connectivity index (χ1v) is 7.30. The molecular formula is C16H23NO3. The Morgan fingerprint density at radius 1 is 1.45 bits per heavy atom. The summed E-state index contributed by atoms with van der Waals surface area (Å²) in [5.74, 6) is -0.301. The molecule has 0 radical (unpaired) electrons. The van der Waals surface area contributed by atoms with Crippen LogP contribution in [0.5, 0.6) is 0 Å². The molecule has 0 aromatic heterocycles. The van der Waals surface area contributed by atoms with Gasteiger partial charge in [0.2, 0.25) is 0 Å². The van der Waals surface area contributed by atoms with E-state index in [0.29, 0.717) is 17.7 Å². The van der Waals surface area contributed by atoms with Gasteiger partial charge in [-0.05, 0) is 31.4 Å². The van der Waals surface area contributed by atoms with E-state index < -0.39 is 0 Å². The highest BCUT2D eigenvalue weighted by Gasteiger charge is 2.23. The van der Waals surface area contributed by atoms with Gasteiger partial charge in [0.05, 0.1) is 18.8 Å². The lowest BCUT2D eigenvalue weighted by Gasteiger charge is -2.31. The first-order chi connectivity index (χ1) is 9.74. The SMILES string of the molecule is CCCC1CC(Nc2ccccc2C(=O)OC)CCO1. The predicted molar refractivity (Wildman–Crippen MR) is 79.1 cm³/mol. The highest BCUT2D eigenvalue weighted by Crippen LogP contribution is 2.23. The van der Waals surface area contributed by atoms with Gasteiger partial charge in [-0.1, -0.05) is 25.5 Å². The molecule has 1 aromatic carbocycles. The number of benzene rings is 1. The summed E-state index contributed by atoms with van der Waals surface area (Å²) in [5, 5.41) is 3.47. The summed E-state index contributed by atoms with van der Waals surface area (Å²) >= 11 is 0. The summed E-state index contributed by atoms with van der Waals surface area (Å²) in [5.41, 5.74) is 1.44. The molecule has 0 aliphatic carbocycles. The Labute approximate surface area is 120 Å². The first-order valence-electron chi connectivity index (χ1n) is 7.30. The third kappa shape index (κ3) is 3.73. The maximum atomic E-state index is 11.8. The van der Waals surface area contributed by atoms with Crippen molar-refractivity contribution in [3.05, 3.63) is 29.8 Å². The molecular weight excluding hydrogens is 254 g/mol. The van der Waals surface area contributed by atoms with Crippen LogP contribution in [0.4, 0.5) is 5.69 Å². The Balaban J connectivity index is 2.04. The molecule has 4 nitrogen and oxygen atoms in total. The maximum Gasteiger partial charge on any atom is 0.339 e. The van der Waals surface area contributed by atoms with Crippen LogP contribution in [0.3, 0.4) is 0 Å². The fraction of sp³-hybridized carbons (Fsp3) is 0.562. The molecule has 1 heterocycles. The normalized spacial score (nSPS) is 22.3. The van der Waals surface area contributed by atoms with E-state index >= 15 is 0 Å². The van der Waals surface area contributed by atoms with E-state index in [1.807, 2.05) is 18.2 Å². The lowest BCUT2D eigenvalue weighted by Crippen LogP contribution is -2.34. The third-order valence-corrected chi connectivity index (χ3v) is 3.67. The van der Waals surface area contributed by atoms with Crippen LogP contribution in [0.2, 0.25) is 0 Å². The van der Waals surface area contributed by atoms with E-state index in [9.17, 15) is 4.79 Å². The summed E-state index contributed by atoms with van der Waals surface area (Å²) in [6.45, 7) is 2.95. The van der Waals surface area contributed by atoms with Crippen molar-refractivity contribution in [3.8, 4) is 0 Å². The van der Waals surface area contributed by atoms with Gasteiger partial charge in [-0.25, -0.2) is 4.79 Å². The second-order valence-corrected chi connectivity index (χ2v) is 5.18. The molecule has 1 aromatic rings. The minimum Gasteiger partial charge on any atom is -0.465 e. The van der Waals surface area contributed by atoms with Crippen LogP contribution in [0.15, 0.2) is 24.3 Å². The van der Waals surface area contributed by atoms with Crippen molar-refractivity contribution in [3.63, 3.8) is 0 Å². The van der Waals surface area contributed by atoms with Crippen LogP contribution >= 0.6 is 0 Å². The number of methoxy groups -OCH3 is 1. The number of carbonyl (C=O) groups excluding carboxylic acids is 1. The highest BCUT2D eigenvalue weighted by molar-refractivity contribution is 5.95. The monoisotopic (exact) mass is 277 g/mol. The van der Waals surface area contributed by atoms with E-state index in [1.165, 1.54) is 7.11 Å². The average Bonchev–Trinajstić information content (AvgIpc) is 2.48. The zero-order chi connectivity index (χ0) is 14.4. The summed E-state index contributed by atoms with van der Waals surface area (Å²) in [6, 6.07) is 7.85. The standard InChI is InChI=1S/C16H23NO3/c1-3-6-13-11-12(9-10-20-13)17-15-8-5-4-7-14(15)16(18)19-2/h4-5,7-8,12-13,17H,3,6,9-11H2,1-2H3. The largest absolute Gasteiger partial charge is 0.465 e. The summed E-state index contributed by atoms with van der Waals surface area (Å²) in [4.78, 5) is 11.8. The van der Waals surface area contributed by atoms with Crippen molar-refractivity contribution in [2.75, 3.05) is 19.0 Å². The third-order valence-electron chi connectivity index (χ3n) is 3.67. The topological polar surface area (TPSA) is 47.6 Å². The van der Waals surface area contributed by atoms with Crippen molar-refractivity contribution in [1.29, 1.82) is 0 Å². The Bertz CT molecular complexity index is 445. The van der Waals surface area contributed by atoms with E-state index in [0.717, 1.165) is 38.0 Å². The van der Waals surface area contributed by atoms with E-state index in [2.05, 4.69) is 12.2 Å². The van der Waals surface area contributed by atoms with Crippen molar-refractivity contribution < 1.29 is 14.3 Å². The fourth-order valence-corrected chi connectivity index (χ4v) is 2.65.